The zero-order chi connectivity index (χ0) is 15.2. The van der Waals surface area contributed by atoms with Gasteiger partial charge in [0.05, 0.1) is 0 Å². The number of aromatic nitrogens is 1. The molecule has 0 aromatic carbocycles. The van der Waals surface area contributed by atoms with Crippen LogP contribution in [-0.2, 0) is 13.0 Å². The van der Waals surface area contributed by atoms with Gasteiger partial charge < -0.3 is 14.8 Å². The highest BCUT2D eigenvalue weighted by atomic mass is 16.1. The normalized spacial score (nSPS) is 18.0. The number of nitrogens with one attached hydrogen (secondary N) is 1. The van der Waals surface area contributed by atoms with Gasteiger partial charge in [0.15, 0.2) is 0 Å². The molecule has 1 aromatic rings. The fraction of sp³-hybridized carbons (Fsp3) is 0.706. The summed E-state index contributed by atoms with van der Waals surface area (Å²) in [5, 5.41) is 3.55. The Morgan fingerprint density at radius 1 is 1.29 bits per heavy atom. The molecule has 0 amide bonds. The molecule has 1 N–H and O–H groups in total. The molecule has 2 rings (SSSR count). The smallest absolute Gasteiger partial charge is 0.250 e. The van der Waals surface area contributed by atoms with Crippen molar-refractivity contribution in [3.05, 3.63) is 33.7 Å². The second kappa shape index (κ2) is 7.76. The molecule has 4 heteroatoms. The molecular formula is C17H29N3O. The average Bonchev–Trinajstić information content (AvgIpc) is 2.50. The van der Waals surface area contributed by atoms with Gasteiger partial charge in [-0.05, 0) is 44.5 Å². The molecule has 0 aliphatic heterocycles. The molecule has 1 aliphatic rings. The minimum absolute atomic E-state index is 0.151. The summed E-state index contributed by atoms with van der Waals surface area (Å²) in [7, 11) is 0. The van der Waals surface area contributed by atoms with Crippen LogP contribution in [0, 0.1) is 0 Å². The van der Waals surface area contributed by atoms with E-state index in [1.54, 1.807) is 6.07 Å². The number of nitrogens with zero attached hydrogens (tertiary/aromatic N) is 2. The monoisotopic (exact) mass is 291 g/mol. The molecule has 21 heavy (non-hydrogen) atoms. The van der Waals surface area contributed by atoms with Gasteiger partial charge in [0.2, 0.25) is 0 Å². The van der Waals surface area contributed by atoms with E-state index in [9.17, 15) is 4.79 Å². The van der Waals surface area contributed by atoms with Crippen molar-refractivity contribution < 1.29 is 0 Å². The Balaban J connectivity index is 2.25. The van der Waals surface area contributed by atoms with Gasteiger partial charge >= 0.3 is 0 Å². The molecule has 0 spiro atoms. The first-order valence-corrected chi connectivity index (χ1v) is 8.39. The molecule has 0 saturated heterocycles. The second-order valence-corrected chi connectivity index (χ2v) is 5.75. The van der Waals surface area contributed by atoms with Gasteiger partial charge in [0.1, 0.15) is 0 Å². The van der Waals surface area contributed by atoms with Gasteiger partial charge in [-0.2, -0.15) is 0 Å². The number of hydrogen-bond donors (Lipinski definition) is 1. The standard InChI is InChI=1S/C17H29N3O/c1-4-18-15-8-7-9-16-14(15)10-11-17(21)20(16)13-12-19(5-2)6-3/h10-11,15,18H,4-9,12-13H2,1-3H3. The van der Waals surface area contributed by atoms with E-state index < -0.39 is 0 Å². The molecule has 0 fully saturated rings. The predicted octanol–water partition coefficient (Wildman–Crippen LogP) is 2.18. The van der Waals surface area contributed by atoms with E-state index in [0.29, 0.717) is 6.04 Å². The van der Waals surface area contributed by atoms with E-state index in [1.807, 2.05) is 10.6 Å². The Morgan fingerprint density at radius 3 is 2.71 bits per heavy atom. The lowest BCUT2D eigenvalue weighted by Crippen LogP contribution is -2.35. The minimum atomic E-state index is 0.151. The van der Waals surface area contributed by atoms with Crippen LogP contribution in [0.5, 0.6) is 0 Å². The molecule has 1 aliphatic carbocycles. The maximum atomic E-state index is 12.3. The summed E-state index contributed by atoms with van der Waals surface area (Å²) in [5.74, 6) is 0. The third kappa shape index (κ3) is 3.74. The summed E-state index contributed by atoms with van der Waals surface area (Å²) >= 11 is 0. The van der Waals surface area contributed by atoms with E-state index in [-0.39, 0.29) is 5.56 Å². The maximum Gasteiger partial charge on any atom is 0.250 e. The highest BCUT2D eigenvalue weighted by molar-refractivity contribution is 5.27. The maximum absolute atomic E-state index is 12.3. The van der Waals surface area contributed by atoms with Crippen LogP contribution >= 0.6 is 0 Å². The molecule has 1 aromatic heterocycles. The van der Waals surface area contributed by atoms with Gasteiger partial charge in [-0.3, -0.25) is 4.79 Å². The SMILES string of the molecule is CCNC1CCCc2c1ccc(=O)n2CCN(CC)CC. The molecular weight excluding hydrogens is 262 g/mol. The number of rotatable bonds is 7. The second-order valence-electron chi connectivity index (χ2n) is 5.75. The van der Waals surface area contributed by atoms with E-state index in [0.717, 1.165) is 39.1 Å². The number of fused-ring (bicyclic) bond motifs is 1. The van der Waals surface area contributed by atoms with Crippen molar-refractivity contribution in [2.24, 2.45) is 0 Å². The molecule has 118 valence electrons. The third-order valence-corrected chi connectivity index (χ3v) is 4.60. The zero-order valence-electron chi connectivity index (χ0n) is 13.7. The van der Waals surface area contributed by atoms with E-state index in [4.69, 9.17) is 0 Å². The van der Waals surface area contributed by atoms with E-state index >= 15 is 0 Å². The van der Waals surface area contributed by atoms with Crippen LogP contribution in [0.25, 0.3) is 0 Å². The van der Waals surface area contributed by atoms with Gasteiger partial charge in [-0.1, -0.05) is 26.8 Å². The summed E-state index contributed by atoms with van der Waals surface area (Å²) < 4.78 is 2.01. The predicted molar refractivity (Wildman–Crippen MR) is 87.8 cm³/mol. The van der Waals surface area contributed by atoms with Gasteiger partial charge in [-0.15, -0.1) is 0 Å². The van der Waals surface area contributed by atoms with Crippen LogP contribution in [0.3, 0.4) is 0 Å². The first-order chi connectivity index (χ1) is 10.2. The summed E-state index contributed by atoms with van der Waals surface area (Å²) in [6.07, 6.45) is 3.38. The van der Waals surface area contributed by atoms with Crippen molar-refractivity contribution >= 4 is 0 Å². The zero-order valence-corrected chi connectivity index (χ0v) is 13.7. The molecule has 1 atom stereocenters. The first kappa shape index (κ1) is 16.2. The van der Waals surface area contributed by atoms with Crippen LogP contribution in [0.2, 0.25) is 0 Å². The number of hydrogen-bond acceptors (Lipinski definition) is 3. The van der Waals surface area contributed by atoms with Gasteiger partial charge in [0.25, 0.3) is 5.56 Å². The molecule has 0 radical (unpaired) electrons. The van der Waals surface area contributed by atoms with Gasteiger partial charge in [0, 0.05) is 30.9 Å². The average molecular weight is 291 g/mol. The van der Waals surface area contributed by atoms with Crippen molar-refractivity contribution in [3.8, 4) is 0 Å². The summed E-state index contributed by atoms with van der Waals surface area (Å²) in [6, 6.07) is 4.20. The van der Waals surface area contributed by atoms with Crippen LogP contribution in [-0.4, -0.2) is 35.6 Å². The van der Waals surface area contributed by atoms with Crippen LogP contribution in [0.4, 0.5) is 0 Å². The minimum Gasteiger partial charge on any atom is -0.311 e. The topological polar surface area (TPSA) is 37.3 Å². The van der Waals surface area contributed by atoms with Crippen LogP contribution in [0.15, 0.2) is 16.9 Å². The highest BCUT2D eigenvalue weighted by Gasteiger charge is 2.22. The molecule has 4 nitrogen and oxygen atoms in total. The fourth-order valence-corrected chi connectivity index (χ4v) is 3.35. The third-order valence-electron chi connectivity index (χ3n) is 4.60. The van der Waals surface area contributed by atoms with E-state index in [1.165, 1.54) is 24.1 Å². The lowest BCUT2D eigenvalue weighted by atomic mass is 9.91. The lowest BCUT2D eigenvalue weighted by Gasteiger charge is -2.29. The Labute approximate surface area is 128 Å². The Kier molecular flexibility index (Phi) is 6.00. The van der Waals surface area contributed by atoms with Crippen LogP contribution in [0.1, 0.15) is 50.9 Å². The molecule has 1 unspecified atom stereocenters. The largest absolute Gasteiger partial charge is 0.311 e. The Morgan fingerprint density at radius 2 is 2.05 bits per heavy atom. The van der Waals surface area contributed by atoms with Crippen molar-refractivity contribution in [1.82, 2.24) is 14.8 Å². The van der Waals surface area contributed by atoms with E-state index in [2.05, 4.69) is 31.0 Å². The highest BCUT2D eigenvalue weighted by Crippen LogP contribution is 2.28. The fourth-order valence-electron chi connectivity index (χ4n) is 3.35. The van der Waals surface area contributed by atoms with Crippen molar-refractivity contribution in [2.75, 3.05) is 26.2 Å². The molecule has 1 heterocycles. The summed E-state index contributed by atoms with van der Waals surface area (Å²) in [6.45, 7) is 11.3. The number of likely N-dealkylation sites (N-methyl/N-ethyl adjacent to an activating group) is 1. The van der Waals surface area contributed by atoms with Crippen molar-refractivity contribution in [1.29, 1.82) is 0 Å². The molecule has 0 bridgehead atoms. The van der Waals surface area contributed by atoms with Gasteiger partial charge in [-0.25, -0.2) is 0 Å². The van der Waals surface area contributed by atoms with Crippen LogP contribution < -0.4 is 10.9 Å². The quantitative estimate of drug-likeness (QED) is 0.836. The first-order valence-electron chi connectivity index (χ1n) is 8.39. The molecule has 0 saturated carbocycles. The summed E-state index contributed by atoms with van der Waals surface area (Å²) in [4.78, 5) is 14.6. The lowest BCUT2D eigenvalue weighted by molar-refractivity contribution is 0.286. The number of pyridine rings is 1. The Bertz CT molecular complexity index is 505. The van der Waals surface area contributed by atoms with Crippen molar-refractivity contribution in [2.45, 2.75) is 52.6 Å². The summed E-state index contributed by atoms with van der Waals surface area (Å²) in [5.41, 5.74) is 2.74. The van der Waals surface area contributed by atoms with Crippen molar-refractivity contribution in [3.63, 3.8) is 0 Å². The Hall–Kier alpha value is -1.13.